The van der Waals surface area contributed by atoms with Gasteiger partial charge in [-0.2, -0.15) is 0 Å². The average Bonchev–Trinajstić information content (AvgIpc) is 3.50. The molecule has 0 spiro atoms. The van der Waals surface area contributed by atoms with Crippen LogP contribution in [0.4, 0.5) is 0 Å². The number of halogens is 2. The Balaban J connectivity index is 0.00000152. The minimum Gasteiger partial charge on any atom is -1.00 e. The zero-order valence-electron chi connectivity index (χ0n) is 20.5. The van der Waals surface area contributed by atoms with E-state index in [1.807, 2.05) is 0 Å². The molecule has 0 saturated carbocycles. The van der Waals surface area contributed by atoms with Crippen molar-refractivity contribution >= 4 is 3.81 Å². The third-order valence-electron chi connectivity index (χ3n) is 7.13. The standard InChI is InChI=1S/C15H13.C13H10.C5H5.2ClH.Ti/c1-10-3-5-12-9-13-6-4-11(2)8-15(13)14(12)7-10;1-3-7-12(8-4-1)11-13-9-5-2-6-10-13;1-2-4-5-3-1;;;/h3-9H,1-2H3;1-10H;1-3H,4H2;2*1H;/q;;;;;+2/p-2. The van der Waals surface area contributed by atoms with Crippen molar-refractivity contribution in [1.82, 2.24) is 0 Å². The van der Waals surface area contributed by atoms with Gasteiger partial charge >= 0.3 is 209 Å². The molecule has 6 rings (SSSR count). The van der Waals surface area contributed by atoms with Crippen molar-refractivity contribution < 1.29 is 42.2 Å². The van der Waals surface area contributed by atoms with E-state index < -0.39 is 17.4 Å². The second-order valence-electron chi connectivity index (χ2n) is 9.46. The topological polar surface area (TPSA) is 0 Å². The first kappa shape index (κ1) is 26.6. The maximum atomic E-state index is 2.43. The first-order chi connectivity index (χ1) is 16.7. The number of hydrogen-bond acceptors (Lipinski definition) is 0. The van der Waals surface area contributed by atoms with Gasteiger partial charge in [-0.1, -0.05) is 0 Å². The van der Waals surface area contributed by atoms with Gasteiger partial charge in [0.15, 0.2) is 0 Å². The molecule has 0 aliphatic heterocycles. The van der Waals surface area contributed by atoms with Crippen molar-refractivity contribution in [2.24, 2.45) is 0 Å². The number of hydrogen-bond donors (Lipinski definition) is 0. The van der Waals surface area contributed by atoms with Crippen LogP contribution in [0.1, 0.15) is 44.0 Å². The molecule has 0 N–H and O–H groups in total. The van der Waals surface area contributed by atoms with Crippen LogP contribution in [0.25, 0.3) is 11.1 Å². The quantitative estimate of drug-likeness (QED) is 0.346. The van der Waals surface area contributed by atoms with Gasteiger partial charge in [-0.05, 0) is 0 Å². The molecule has 4 aromatic rings. The zero-order valence-corrected chi connectivity index (χ0v) is 23.6. The molecule has 0 amide bonds. The molecule has 2 aliphatic carbocycles. The molecule has 0 bridgehead atoms. The monoisotopic (exact) mass is 542 g/mol. The summed E-state index contributed by atoms with van der Waals surface area (Å²) in [6, 6.07) is 36.6. The van der Waals surface area contributed by atoms with E-state index in [1.54, 1.807) is 7.69 Å². The molecule has 0 saturated heterocycles. The molecule has 2 aliphatic rings. The first-order valence-corrected chi connectivity index (χ1v) is 14.6. The van der Waals surface area contributed by atoms with Crippen molar-refractivity contribution in [2.45, 2.75) is 24.5 Å². The largest absolute Gasteiger partial charge is 1.00 e. The van der Waals surface area contributed by atoms with E-state index in [4.69, 9.17) is 0 Å². The molecular formula is C33H28Cl2Ti. The SMILES string of the molecule is Cc1ccc2c(c1)-c1cc(C)ccc1[CH]2[Ti+2]([C]1=CC=CC1)=[C](c1ccccc1)c1ccccc1.[Cl-].[Cl-]. The van der Waals surface area contributed by atoms with Gasteiger partial charge < -0.3 is 24.8 Å². The van der Waals surface area contributed by atoms with Crippen LogP contribution in [-0.2, 0) is 17.4 Å². The molecule has 4 aromatic carbocycles. The zero-order chi connectivity index (χ0) is 23.1. The van der Waals surface area contributed by atoms with Crippen LogP contribution in [0.5, 0.6) is 0 Å². The average molecular weight is 543 g/mol. The van der Waals surface area contributed by atoms with Gasteiger partial charge in [0.1, 0.15) is 0 Å². The van der Waals surface area contributed by atoms with E-state index in [-0.39, 0.29) is 24.8 Å². The number of allylic oxidation sites excluding steroid dienone is 4. The fraction of sp³-hybridized carbons (Fsp3) is 0.121. The molecule has 0 nitrogen and oxygen atoms in total. The molecule has 3 heteroatoms. The summed E-state index contributed by atoms with van der Waals surface area (Å²) in [6.07, 6.45) is 8.13. The van der Waals surface area contributed by atoms with E-state index >= 15 is 0 Å². The van der Waals surface area contributed by atoms with Gasteiger partial charge in [0.2, 0.25) is 0 Å². The minimum atomic E-state index is -2.09. The van der Waals surface area contributed by atoms with Crippen LogP contribution in [-0.4, -0.2) is 3.81 Å². The van der Waals surface area contributed by atoms with Crippen molar-refractivity contribution in [3.8, 4) is 11.1 Å². The summed E-state index contributed by atoms with van der Waals surface area (Å²) in [5, 5.41) is 0. The molecule has 0 unspecified atom stereocenters. The van der Waals surface area contributed by atoms with Crippen LogP contribution >= 0.6 is 0 Å². The van der Waals surface area contributed by atoms with E-state index in [1.165, 1.54) is 44.5 Å². The number of aryl methyl sites for hydroxylation is 2. The van der Waals surface area contributed by atoms with Crippen molar-refractivity contribution in [1.29, 1.82) is 0 Å². The van der Waals surface area contributed by atoms with Gasteiger partial charge in [0, 0.05) is 0 Å². The Kier molecular flexibility index (Phi) is 8.33. The summed E-state index contributed by atoms with van der Waals surface area (Å²) in [7, 11) is 0. The number of rotatable bonds is 4. The molecule has 36 heavy (non-hydrogen) atoms. The Bertz CT molecular complexity index is 1390. The molecule has 0 radical (unpaired) electrons. The van der Waals surface area contributed by atoms with Crippen LogP contribution in [0.3, 0.4) is 0 Å². The smallest absolute Gasteiger partial charge is 1.00 e. The Labute approximate surface area is 233 Å². The van der Waals surface area contributed by atoms with Gasteiger partial charge in [0.25, 0.3) is 0 Å². The molecule has 0 atom stereocenters. The Morgan fingerprint density at radius 2 is 1.17 bits per heavy atom. The molecule has 0 heterocycles. The maximum Gasteiger partial charge on any atom is -1.00 e. The fourth-order valence-electron chi connectivity index (χ4n) is 5.61. The van der Waals surface area contributed by atoms with Crippen molar-refractivity contribution in [3.05, 3.63) is 153 Å². The summed E-state index contributed by atoms with van der Waals surface area (Å²) in [5.74, 6) is 0. The summed E-state index contributed by atoms with van der Waals surface area (Å²) < 4.78 is 3.70. The van der Waals surface area contributed by atoms with E-state index in [0.29, 0.717) is 4.22 Å². The van der Waals surface area contributed by atoms with E-state index in [9.17, 15) is 0 Å². The molecule has 178 valence electrons. The van der Waals surface area contributed by atoms with E-state index in [0.717, 1.165) is 6.42 Å². The first-order valence-electron chi connectivity index (χ1n) is 12.1. The van der Waals surface area contributed by atoms with Gasteiger partial charge in [-0.3, -0.25) is 0 Å². The second kappa shape index (κ2) is 11.3. The van der Waals surface area contributed by atoms with E-state index in [2.05, 4.69) is 129 Å². The van der Waals surface area contributed by atoms with Crippen LogP contribution < -0.4 is 24.8 Å². The number of benzene rings is 4. The summed E-state index contributed by atoms with van der Waals surface area (Å²) in [4.78, 5) is 0. The predicted octanol–water partition coefficient (Wildman–Crippen LogP) is 2.11. The minimum absolute atomic E-state index is 0. The van der Waals surface area contributed by atoms with Crippen LogP contribution in [0.2, 0.25) is 0 Å². The normalized spacial score (nSPS) is 13.0. The predicted molar refractivity (Wildman–Crippen MR) is 141 cm³/mol. The maximum absolute atomic E-state index is 2.43. The Hall–Kier alpha value is -2.48. The van der Waals surface area contributed by atoms with Gasteiger partial charge in [-0.25, -0.2) is 0 Å². The van der Waals surface area contributed by atoms with Crippen molar-refractivity contribution in [3.63, 3.8) is 0 Å². The molecule has 0 aromatic heterocycles. The molecule has 0 fully saturated rings. The van der Waals surface area contributed by atoms with Gasteiger partial charge in [0.05, 0.1) is 0 Å². The van der Waals surface area contributed by atoms with Crippen LogP contribution in [0, 0.1) is 13.8 Å². The second-order valence-corrected chi connectivity index (χ2v) is 13.4. The number of fused-ring (bicyclic) bond motifs is 3. The fourth-order valence-corrected chi connectivity index (χ4v) is 11.4. The third kappa shape index (κ3) is 4.76. The summed E-state index contributed by atoms with van der Waals surface area (Å²) >= 11 is -2.09. The van der Waals surface area contributed by atoms with Crippen molar-refractivity contribution in [2.75, 3.05) is 0 Å². The summed E-state index contributed by atoms with van der Waals surface area (Å²) in [5.41, 5.74) is 11.4. The molecular weight excluding hydrogens is 515 g/mol. The Morgan fingerprint density at radius 3 is 1.61 bits per heavy atom. The summed E-state index contributed by atoms with van der Waals surface area (Å²) in [6.45, 7) is 4.43. The Morgan fingerprint density at radius 1 is 0.667 bits per heavy atom. The third-order valence-corrected chi connectivity index (χ3v) is 12.4. The van der Waals surface area contributed by atoms with Crippen LogP contribution in [0.15, 0.2) is 119 Å². The van der Waals surface area contributed by atoms with Gasteiger partial charge in [-0.15, -0.1) is 0 Å².